The first-order valence-electron chi connectivity index (χ1n) is 14.4. The second kappa shape index (κ2) is 13.3. The van der Waals surface area contributed by atoms with Gasteiger partial charge in [0.15, 0.2) is 6.61 Å². The van der Waals surface area contributed by atoms with Crippen molar-refractivity contribution >= 4 is 22.6 Å². The third-order valence-corrected chi connectivity index (χ3v) is 7.80. The molecule has 4 aromatic carbocycles. The van der Waals surface area contributed by atoms with E-state index in [0.717, 1.165) is 53.1 Å². The number of fused-ring (bicyclic) bond motifs is 1. The van der Waals surface area contributed by atoms with Crippen LogP contribution < -0.4 is 10.1 Å². The summed E-state index contributed by atoms with van der Waals surface area (Å²) in [6.45, 7) is 2.22. The lowest BCUT2D eigenvalue weighted by Crippen LogP contribution is -2.53. The molecule has 1 unspecified atom stereocenters. The van der Waals surface area contributed by atoms with Crippen LogP contribution in [0.4, 0.5) is 0 Å². The molecule has 1 aliphatic rings. The molecule has 0 saturated heterocycles. The Labute approximate surface area is 237 Å². The molecule has 0 radical (unpaired) electrons. The Kier molecular flexibility index (Phi) is 9.12. The summed E-state index contributed by atoms with van der Waals surface area (Å²) in [5.41, 5.74) is 3.15. The fourth-order valence-electron chi connectivity index (χ4n) is 5.53. The molecule has 1 atom stereocenters. The van der Waals surface area contributed by atoms with Crippen molar-refractivity contribution in [3.05, 3.63) is 114 Å². The fourth-order valence-corrected chi connectivity index (χ4v) is 5.53. The number of carbonyl (C=O) groups is 2. The van der Waals surface area contributed by atoms with Crippen LogP contribution in [0.1, 0.15) is 48.8 Å². The SMILES string of the molecule is Cc1ccc(CN(C(=O)COc2cccc3ccccc23)C(Cc2ccccc2)C(=O)NC2CCCCC2)cc1. The van der Waals surface area contributed by atoms with Crippen molar-refractivity contribution in [3.63, 3.8) is 0 Å². The summed E-state index contributed by atoms with van der Waals surface area (Å²) in [6.07, 6.45) is 5.87. The molecule has 0 aromatic heterocycles. The molecule has 40 heavy (non-hydrogen) atoms. The van der Waals surface area contributed by atoms with Gasteiger partial charge in [-0.15, -0.1) is 0 Å². The lowest BCUT2D eigenvalue weighted by atomic mass is 9.94. The van der Waals surface area contributed by atoms with E-state index in [4.69, 9.17) is 4.74 Å². The first-order chi connectivity index (χ1) is 19.6. The number of benzene rings is 4. The van der Waals surface area contributed by atoms with Crippen LogP contribution in [-0.2, 0) is 22.6 Å². The van der Waals surface area contributed by atoms with Gasteiger partial charge in [-0.25, -0.2) is 0 Å². The summed E-state index contributed by atoms with van der Waals surface area (Å²) in [4.78, 5) is 29.6. The Morgan fingerprint density at radius 1 is 0.825 bits per heavy atom. The minimum Gasteiger partial charge on any atom is -0.483 e. The van der Waals surface area contributed by atoms with Crippen LogP contribution in [-0.4, -0.2) is 35.4 Å². The van der Waals surface area contributed by atoms with E-state index in [9.17, 15) is 9.59 Å². The van der Waals surface area contributed by atoms with Crippen LogP contribution in [0.5, 0.6) is 5.75 Å². The van der Waals surface area contributed by atoms with Crippen molar-refractivity contribution in [2.24, 2.45) is 0 Å². The molecule has 4 aromatic rings. The quantitative estimate of drug-likeness (QED) is 0.249. The minimum absolute atomic E-state index is 0.0959. The maximum Gasteiger partial charge on any atom is 0.261 e. The van der Waals surface area contributed by atoms with Crippen molar-refractivity contribution in [3.8, 4) is 5.75 Å². The standard InChI is InChI=1S/C35H38N2O3/c1-26-19-21-28(22-20-26)24-37(34(38)25-40-33-18-10-14-29-13-8-9-17-31(29)33)32(23-27-11-4-2-5-12-27)35(39)36-30-15-6-3-7-16-30/h2,4-5,8-14,17-22,30,32H,3,6-7,15-16,23-25H2,1H3,(H,36,39). The Bertz CT molecular complexity index is 1410. The Balaban J connectivity index is 1.43. The number of ether oxygens (including phenoxy) is 1. The fraction of sp³-hybridized carbons (Fsp3) is 0.314. The van der Waals surface area contributed by atoms with Gasteiger partial charge in [0, 0.05) is 24.4 Å². The third kappa shape index (κ3) is 7.09. The normalized spacial score (nSPS) is 14.4. The van der Waals surface area contributed by atoms with Crippen LogP contribution in [0.15, 0.2) is 97.1 Å². The van der Waals surface area contributed by atoms with E-state index in [1.807, 2.05) is 104 Å². The maximum absolute atomic E-state index is 14.0. The molecule has 0 bridgehead atoms. The maximum atomic E-state index is 14.0. The zero-order valence-electron chi connectivity index (χ0n) is 23.2. The zero-order valence-corrected chi connectivity index (χ0v) is 23.2. The summed E-state index contributed by atoms with van der Waals surface area (Å²) in [5.74, 6) is 0.350. The molecule has 0 spiro atoms. The highest BCUT2D eigenvalue weighted by Crippen LogP contribution is 2.26. The molecule has 1 aliphatic carbocycles. The topological polar surface area (TPSA) is 58.6 Å². The van der Waals surface area contributed by atoms with Gasteiger partial charge < -0.3 is 15.0 Å². The highest BCUT2D eigenvalue weighted by atomic mass is 16.5. The van der Waals surface area contributed by atoms with Crippen molar-refractivity contribution in [1.82, 2.24) is 10.2 Å². The summed E-state index contributed by atoms with van der Waals surface area (Å²) in [5, 5.41) is 5.30. The molecule has 1 N–H and O–H groups in total. The molecule has 5 nitrogen and oxygen atoms in total. The Hall–Kier alpha value is -4.12. The molecule has 1 fully saturated rings. The van der Waals surface area contributed by atoms with Gasteiger partial charge in [-0.3, -0.25) is 9.59 Å². The second-order valence-electron chi connectivity index (χ2n) is 10.8. The van der Waals surface area contributed by atoms with E-state index in [-0.39, 0.29) is 24.5 Å². The van der Waals surface area contributed by atoms with Gasteiger partial charge in [0.05, 0.1) is 0 Å². The molecule has 0 aliphatic heterocycles. The van der Waals surface area contributed by atoms with E-state index < -0.39 is 6.04 Å². The van der Waals surface area contributed by atoms with Crippen LogP contribution in [0.3, 0.4) is 0 Å². The smallest absolute Gasteiger partial charge is 0.261 e. The van der Waals surface area contributed by atoms with Gasteiger partial charge in [-0.1, -0.05) is 116 Å². The van der Waals surface area contributed by atoms with Crippen molar-refractivity contribution in [1.29, 1.82) is 0 Å². The molecule has 0 heterocycles. The van der Waals surface area contributed by atoms with E-state index >= 15 is 0 Å². The summed E-state index contributed by atoms with van der Waals surface area (Å²) in [6, 6.07) is 31.4. The molecule has 1 saturated carbocycles. The molecular weight excluding hydrogens is 496 g/mol. The van der Waals surface area contributed by atoms with E-state index in [2.05, 4.69) is 5.32 Å². The minimum atomic E-state index is -0.658. The van der Waals surface area contributed by atoms with Gasteiger partial charge in [0.1, 0.15) is 11.8 Å². The summed E-state index contributed by atoms with van der Waals surface area (Å²) < 4.78 is 6.13. The number of hydrogen-bond donors (Lipinski definition) is 1. The van der Waals surface area contributed by atoms with Gasteiger partial charge >= 0.3 is 0 Å². The molecule has 5 heteroatoms. The summed E-state index contributed by atoms with van der Waals surface area (Å²) >= 11 is 0. The molecule has 2 amide bonds. The number of nitrogens with zero attached hydrogens (tertiary/aromatic N) is 1. The van der Waals surface area contributed by atoms with Gasteiger partial charge in [0.25, 0.3) is 5.91 Å². The van der Waals surface area contributed by atoms with Crippen molar-refractivity contribution < 1.29 is 14.3 Å². The molecular formula is C35H38N2O3. The van der Waals surface area contributed by atoms with E-state index in [1.54, 1.807) is 4.90 Å². The van der Waals surface area contributed by atoms with Crippen LogP contribution in [0, 0.1) is 6.92 Å². The second-order valence-corrected chi connectivity index (χ2v) is 10.8. The van der Waals surface area contributed by atoms with Crippen LogP contribution >= 0.6 is 0 Å². The number of carbonyl (C=O) groups excluding carboxylic acids is 2. The van der Waals surface area contributed by atoms with Gasteiger partial charge in [0.2, 0.25) is 5.91 Å². The van der Waals surface area contributed by atoms with Gasteiger partial charge in [-0.2, -0.15) is 0 Å². The lowest BCUT2D eigenvalue weighted by Gasteiger charge is -2.33. The largest absolute Gasteiger partial charge is 0.483 e. The van der Waals surface area contributed by atoms with Gasteiger partial charge in [-0.05, 0) is 42.3 Å². The number of aryl methyl sites for hydroxylation is 1. The number of amides is 2. The molecule has 206 valence electrons. The zero-order chi connectivity index (χ0) is 27.7. The van der Waals surface area contributed by atoms with E-state index in [1.165, 1.54) is 6.42 Å². The first-order valence-corrected chi connectivity index (χ1v) is 14.4. The monoisotopic (exact) mass is 534 g/mol. The third-order valence-electron chi connectivity index (χ3n) is 7.80. The number of hydrogen-bond acceptors (Lipinski definition) is 3. The first kappa shape index (κ1) is 27.4. The van der Waals surface area contributed by atoms with Crippen LogP contribution in [0.25, 0.3) is 10.8 Å². The predicted octanol–water partition coefficient (Wildman–Crippen LogP) is 6.62. The Morgan fingerprint density at radius 3 is 2.30 bits per heavy atom. The number of nitrogens with one attached hydrogen (secondary N) is 1. The van der Waals surface area contributed by atoms with Crippen molar-refractivity contribution in [2.75, 3.05) is 6.61 Å². The number of rotatable bonds is 10. The highest BCUT2D eigenvalue weighted by molar-refractivity contribution is 5.90. The average molecular weight is 535 g/mol. The molecule has 5 rings (SSSR count). The Morgan fingerprint density at radius 2 is 1.52 bits per heavy atom. The highest BCUT2D eigenvalue weighted by Gasteiger charge is 2.32. The van der Waals surface area contributed by atoms with Crippen molar-refractivity contribution in [2.45, 2.75) is 64.1 Å². The average Bonchev–Trinajstić information content (AvgIpc) is 2.99. The lowest BCUT2D eigenvalue weighted by molar-refractivity contribution is -0.143. The van der Waals surface area contributed by atoms with Crippen LogP contribution in [0.2, 0.25) is 0 Å². The summed E-state index contributed by atoms with van der Waals surface area (Å²) in [7, 11) is 0. The predicted molar refractivity (Wildman–Crippen MR) is 160 cm³/mol. The van der Waals surface area contributed by atoms with E-state index in [0.29, 0.717) is 18.7 Å².